The molecule has 0 heterocycles. The SMILES string of the molecule is CCOc1ccc(OCC(=O)NC(C)(COC)CC(=O)O)cc1. The molecule has 0 aliphatic heterocycles. The predicted molar refractivity (Wildman–Crippen MR) is 83.8 cm³/mol. The number of hydrogen-bond donors (Lipinski definition) is 2. The van der Waals surface area contributed by atoms with Crippen molar-refractivity contribution in [1.29, 1.82) is 0 Å². The van der Waals surface area contributed by atoms with Crippen LogP contribution in [0, 0.1) is 0 Å². The van der Waals surface area contributed by atoms with Crippen LogP contribution >= 0.6 is 0 Å². The number of amides is 1. The van der Waals surface area contributed by atoms with Crippen LogP contribution in [0.15, 0.2) is 24.3 Å². The van der Waals surface area contributed by atoms with Gasteiger partial charge in [-0.2, -0.15) is 0 Å². The second kappa shape index (κ2) is 8.99. The Balaban J connectivity index is 2.52. The van der Waals surface area contributed by atoms with Crippen molar-refractivity contribution >= 4 is 11.9 Å². The zero-order valence-electron chi connectivity index (χ0n) is 13.6. The van der Waals surface area contributed by atoms with Crippen molar-refractivity contribution in [1.82, 2.24) is 5.32 Å². The molecule has 0 saturated heterocycles. The van der Waals surface area contributed by atoms with Crippen LogP contribution in [0.2, 0.25) is 0 Å². The molecule has 1 unspecified atom stereocenters. The summed E-state index contributed by atoms with van der Waals surface area (Å²) in [5.41, 5.74) is -0.986. The molecule has 1 aromatic rings. The highest BCUT2D eigenvalue weighted by Gasteiger charge is 2.29. The Morgan fingerprint density at radius 2 is 1.74 bits per heavy atom. The van der Waals surface area contributed by atoms with E-state index in [1.54, 1.807) is 31.2 Å². The number of carboxylic acid groups (broad SMARTS) is 1. The summed E-state index contributed by atoms with van der Waals surface area (Å²) in [7, 11) is 1.45. The Morgan fingerprint density at radius 3 is 2.22 bits per heavy atom. The Bertz CT molecular complexity index is 516. The lowest BCUT2D eigenvalue weighted by atomic mass is 9.99. The van der Waals surface area contributed by atoms with Crippen LogP contribution in [0.25, 0.3) is 0 Å². The van der Waals surface area contributed by atoms with E-state index in [1.807, 2.05) is 6.92 Å². The number of carbonyl (C=O) groups excluding carboxylic acids is 1. The topological polar surface area (TPSA) is 94.1 Å². The molecular formula is C16H23NO6. The first-order valence-electron chi connectivity index (χ1n) is 7.26. The Labute approximate surface area is 135 Å². The quantitative estimate of drug-likeness (QED) is 0.676. The number of nitrogens with one attached hydrogen (secondary N) is 1. The van der Waals surface area contributed by atoms with E-state index >= 15 is 0 Å². The number of rotatable bonds is 10. The monoisotopic (exact) mass is 325 g/mol. The normalized spacial score (nSPS) is 13.0. The Morgan fingerprint density at radius 1 is 1.17 bits per heavy atom. The van der Waals surface area contributed by atoms with Gasteiger partial charge in [-0.3, -0.25) is 9.59 Å². The number of hydrogen-bond acceptors (Lipinski definition) is 5. The van der Waals surface area contributed by atoms with Crippen LogP contribution in [0.5, 0.6) is 11.5 Å². The van der Waals surface area contributed by atoms with Gasteiger partial charge in [0.1, 0.15) is 11.5 Å². The molecule has 0 radical (unpaired) electrons. The maximum Gasteiger partial charge on any atom is 0.305 e. The van der Waals surface area contributed by atoms with Crippen LogP contribution in [-0.2, 0) is 14.3 Å². The summed E-state index contributed by atoms with van der Waals surface area (Å²) in [5.74, 6) is -0.189. The van der Waals surface area contributed by atoms with Gasteiger partial charge in [-0.15, -0.1) is 0 Å². The van der Waals surface area contributed by atoms with Crippen molar-refractivity contribution in [3.63, 3.8) is 0 Å². The number of benzene rings is 1. The minimum Gasteiger partial charge on any atom is -0.494 e. The fourth-order valence-corrected chi connectivity index (χ4v) is 2.10. The summed E-state index contributed by atoms with van der Waals surface area (Å²) in [6.07, 6.45) is -0.240. The van der Waals surface area contributed by atoms with Crippen LogP contribution in [0.4, 0.5) is 0 Å². The summed E-state index contributed by atoms with van der Waals surface area (Å²) >= 11 is 0. The van der Waals surface area contributed by atoms with Crippen LogP contribution < -0.4 is 14.8 Å². The van der Waals surface area contributed by atoms with Gasteiger partial charge < -0.3 is 24.6 Å². The lowest BCUT2D eigenvalue weighted by Gasteiger charge is -2.28. The van der Waals surface area contributed by atoms with Gasteiger partial charge in [0.25, 0.3) is 5.91 Å². The maximum atomic E-state index is 11.9. The number of carbonyl (C=O) groups is 2. The summed E-state index contributed by atoms with van der Waals surface area (Å²) in [6.45, 7) is 3.95. The van der Waals surface area contributed by atoms with E-state index in [9.17, 15) is 9.59 Å². The molecule has 0 aliphatic carbocycles. The predicted octanol–water partition coefficient (Wildman–Crippen LogP) is 1.46. The van der Waals surface area contributed by atoms with Crippen molar-refractivity contribution in [2.75, 3.05) is 26.9 Å². The Hall–Kier alpha value is -2.28. The van der Waals surface area contributed by atoms with Gasteiger partial charge >= 0.3 is 5.97 Å². The van der Waals surface area contributed by atoms with Gasteiger partial charge in [-0.1, -0.05) is 0 Å². The van der Waals surface area contributed by atoms with Gasteiger partial charge in [0.2, 0.25) is 0 Å². The second-order valence-electron chi connectivity index (χ2n) is 5.31. The van der Waals surface area contributed by atoms with E-state index in [-0.39, 0.29) is 19.6 Å². The molecule has 23 heavy (non-hydrogen) atoms. The molecule has 7 nitrogen and oxygen atoms in total. The molecule has 1 atom stereocenters. The Kier molecular flexibility index (Phi) is 7.34. The van der Waals surface area contributed by atoms with Crippen LogP contribution in [-0.4, -0.2) is 49.5 Å². The van der Waals surface area contributed by atoms with Crippen molar-refractivity contribution < 1.29 is 28.9 Å². The molecule has 0 aliphatic rings. The standard InChI is InChI=1S/C16H23NO6/c1-4-22-12-5-7-13(8-6-12)23-10-14(18)17-16(2,11-21-3)9-15(19)20/h5-8H,4,9-11H2,1-3H3,(H,17,18)(H,19,20). The molecule has 0 bridgehead atoms. The molecule has 0 aromatic heterocycles. The van der Waals surface area contributed by atoms with E-state index in [0.29, 0.717) is 12.4 Å². The van der Waals surface area contributed by atoms with Crippen molar-refractivity contribution in [2.24, 2.45) is 0 Å². The smallest absolute Gasteiger partial charge is 0.305 e. The molecule has 7 heteroatoms. The molecule has 1 aromatic carbocycles. The minimum absolute atomic E-state index is 0.0914. The summed E-state index contributed by atoms with van der Waals surface area (Å²) in [5, 5.41) is 11.5. The average molecular weight is 325 g/mol. The fourth-order valence-electron chi connectivity index (χ4n) is 2.10. The van der Waals surface area contributed by atoms with Gasteiger partial charge in [-0.25, -0.2) is 0 Å². The summed E-state index contributed by atoms with van der Waals surface area (Å²) in [6, 6.07) is 6.89. The third kappa shape index (κ3) is 7.01. The van der Waals surface area contributed by atoms with Gasteiger partial charge in [-0.05, 0) is 38.1 Å². The first kappa shape index (κ1) is 18.8. The summed E-state index contributed by atoms with van der Waals surface area (Å²) in [4.78, 5) is 22.8. The van der Waals surface area contributed by atoms with E-state index in [1.165, 1.54) is 7.11 Å². The lowest BCUT2D eigenvalue weighted by molar-refractivity contribution is -0.139. The first-order chi connectivity index (χ1) is 10.9. The highest BCUT2D eigenvalue weighted by Crippen LogP contribution is 2.17. The molecule has 2 N–H and O–H groups in total. The number of carboxylic acids is 1. The highest BCUT2D eigenvalue weighted by molar-refractivity contribution is 5.79. The third-order valence-electron chi connectivity index (χ3n) is 2.95. The molecule has 0 saturated carbocycles. The minimum atomic E-state index is -1.02. The molecule has 1 amide bonds. The number of ether oxygens (including phenoxy) is 3. The first-order valence-corrected chi connectivity index (χ1v) is 7.26. The maximum absolute atomic E-state index is 11.9. The van der Waals surface area contributed by atoms with E-state index < -0.39 is 17.4 Å². The van der Waals surface area contributed by atoms with Gasteiger partial charge in [0.15, 0.2) is 6.61 Å². The molecular weight excluding hydrogens is 302 g/mol. The fraction of sp³-hybridized carbons (Fsp3) is 0.500. The van der Waals surface area contributed by atoms with Crippen LogP contribution in [0.3, 0.4) is 0 Å². The molecule has 0 spiro atoms. The van der Waals surface area contributed by atoms with Gasteiger partial charge in [0, 0.05) is 7.11 Å². The largest absolute Gasteiger partial charge is 0.494 e. The van der Waals surface area contributed by atoms with E-state index in [0.717, 1.165) is 5.75 Å². The number of methoxy groups -OCH3 is 1. The molecule has 0 fully saturated rings. The number of aliphatic carboxylic acids is 1. The van der Waals surface area contributed by atoms with Crippen molar-refractivity contribution in [3.8, 4) is 11.5 Å². The third-order valence-corrected chi connectivity index (χ3v) is 2.95. The average Bonchev–Trinajstić information content (AvgIpc) is 2.46. The zero-order valence-corrected chi connectivity index (χ0v) is 13.6. The van der Waals surface area contributed by atoms with E-state index in [4.69, 9.17) is 19.3 Å². The highest BCUT2D eigenvalue weighted by atomic mass is 16.5. The second-order valence-corrected chi connectivity index (χ2v) is 5.31. The molecule has 1 rings (SSSR count). The zero-order chi connectivity index (χ0) is 17.3. The van der Waals surface area contributed by atoms with Gasteiger partial charge in [0.05, 0.1) is 25.2 Å². The summed E-state index contributed by atoms with van der Waals surface area (Å²) < 4.78 is 15.7. The van der Waals surface area contributed by atoms with Crippen molar-refractivity contribution in [3.05, 3.63) is 24.3 Å². The lowest BCUT2D eigenvalue weighted by Crippen LogP contribution is -2.52. The van der Waals surface area contributed by atoms with Crippen LogP contribution in [0.1, 0.15) is 20.3 Å². The molecule has 128 valence electrons. The van der Waals surface area contributed by atoms with E-state index in [2.05, 4.69) is 5.32 Å². The van der Waals surface area contributed by atoms with Crippen molar-refractivity contribution in [2.45, 2.75) is 25.8 Å².